The molecule has 0 bridgehead atoms. The number of benzene rings is 1. The van der Waals surface area contributed by atoms with E-state index in [9.17, 15) is 33.0 Å². The maximum Gasteiger partial charge on any atom is 0.416 e. The summed E-state index contributed by atoms with van der Waals surface area (Å²) in [6.07, 6.45) is -1.92. The lowest BCUT2D eigenvalue weighted by Crippen LogP contribution is -2.28. The summed E-state index contributed by atoms with van der Waals surface area (Å²) < 4.78 is 48.2. The number of unbranched alkanes of at least 4 members (excludes halogenated alkanes) is 3. The van der Waals surface area contributed by atoms with E-state index in [1.54, 1.807) is 0 Å². The van der Waals surface area contributed by atoms with Gasteiger partial charge in [-0.1, -0.05) is 25.3 Å². The van der Waals surface area contributed by atoms with Gasteiger partial charge in [-0.3, -0.25) is 9.59 Å². The van der Waals surface area contributed by atoms with E-state index < -0.39 is 23.9 Å². The molecule has 1 aliphatic rings. The summed E-state index contributed by atoms with van der Waals surface area (Å²) in [5.41, 5.74) is -0.829. The zero-order valence-electron chi connectivity index (χ0n) is 18.6. The van der Waals surface area contributed by atoms with Crippen molar-refractivity contribution in [3.63, 3.8) is 0 Å². The van der Waals surface area contributed by atoms with E-state index >= 15 is 0 Å². The minimum Gasteiger partial charge on any atom is -0.491 e. The van der Waals surface area contributed by atoms with E-state index in [1.807, 2.05) is 0 Å². The molecule has 0 aliphatic heterocycles. The van der Waals surface area contributed by atoms with Gasteiger partial charge in [0.2, 0.25) is 0 Å². The van der Waals surface area contributed by atoms with Crippen LogP contribution in [0.1, 0.15) is 50.5 Å². The number of esters is 1. The van der Waals surface area contributed by atoms with Gasteiger partial charge in [0.1, 0.15) is 18.1 Å². The molecule has 1 aromatic carbocycles. The van der Waals surface area contributed by atoms with Gasteiger partial charge in [-0.15, -0.1) is 0 Å². The number of Topliss-reactive ketones (excluding diaryl/α,β-unsaturated/α-hetero) is 1. The molecule has 1 aromatic rings. The van der Waals surface area contributed by atoms with Crippen molar-refractivity contribution in [3.05, 3.63) is 29.8 Å². The van der Waals surface area contributed by atoms with Gasteiger partial charge in [0.05, 0.1) is 24.9 Å². The highest BCUT2D eigenvalue weighted by atomic mass is 32.2. The molecule has 1 fully saturated rings. The minimum atomic E-state index is -4.48. The Bertz CT molecular complexity index is 773. The fraction of sp³-hybridized carbons (Fsp3) is 0.652. The number of carbonyl (C=O) groups excluding carboxylic acids is 2. The monoisotopic (exact) mass is 492 g/mol. The quantitative estimate of drug-likeness (QED) is 0.317. The first-order chi connectivity index (χ1) is 15.6. The van der Waals surface area contributed by atoms with Gasteiger partial charge in [0.25, 0.3) is 0 Å². The number of hydrogen-bond donors (Lipinski definition) is 2. The van der Waals surface area contributed by atoms with Crippen molar-refractivity contribution in [2.75, 3.05) is 19.5 Å². The summed E-state index contributed by atoms with van der Waals surface area (Å²) in [7, 11) is 1.35. The van der Waals surface area contributed by atoms with Crippen LogP contribution in [-0.4, -0.2) is 58.9 Å². The van der Waals surface area contributed by atoms with E-state index in [2.05, 4.69) is 4.74 Å². The largest absolute Gasteiger partial charge is 0.491 e. The Kier molecular flexibility index (Phi) is 11.0. The van der Waals surface area contributed by atoms with E-state index in [0.29, 0.717) is 12.8 Å². The molecule has 0 aromatic heterocycles. The average Bonchev–Trinajstić information content (AvgIpc) is 3.04. The Balaban J connectivity index is 1.75. The number of halogens is 3. The summed E-state index contributed by atoms with van der Waals surface area (Å²) >= 11 is 1.29. The second kappa shape index (κ2) is 13.2. The number of alkyl halides is 3. The van der Waals surface area contributed by atoms with Crippen LogP contribution in [0.2, 0.25) is 0 Å². The van der Waals surface area contributed by atoms with Crippen molar-refractivity contribution in [1.82, 2.24) is 0 Å². The van der Waals surface area contributed by atoms with Gasteiger partial charge in [0, 0.05) is 29.8 Å². The van der Waals surface area contributed by atoms with Crippen molar-refractivity contribution in [1.29, 1.82) is 0 Å². The fourth-order valence-electron chi connectivity index (χ4n) is 3.79. The Hall–Kier alpha value is -1.78. The molecule has 2 rings (SSSR count). The number of ether oxygens (including phenoxy) is 2. The molecule has 0 radical (unpaired) electrons. The second-order valence-corrected chi connectivity index (χ2v) is 9.37. The molecule has 4 atom stereocenters. The van der Waals surface area contributed by atoms with Crippen molar-refractivity contribution in [2.45, 2.75) is 68.6 Å². The van der Waals surface area contributed by atoms with Gasteiger partial charge in [-0.2, -0.15) is 24.9 Å². The normalized spacial score (nSPS) is 21.8. The van der Waals surface area contributed by atoms with Crippen LogP contribution in [0.4, 0.5) is 13.2 Å². The first kappa shape index (κ1) is 27.5. The summed E-state index contributed by atoms with van der Waals surface area (Å²) in [4.78, 5) is 23.4. The zero-order chi connectivity index (χ0) is 24.4. The summed E-state index contributed by atoms with van der Waals surface area (Å²) in [6, 6.07) is 4.44. The lowest BCUT2D eigenvalue weighted by Gasteiger charge is -2.22. The standard InChI is InChI=1S/C23H31F3O6S/c1-31-21(30)10-5-3-2-4-9-18-19(28)12-20(29)22(18)33-14-16(27)13-32-17-8-6-7-15(11-17)23(24,25)26/h6-8,11,16,18,20,22,27,29H,2-5,9-10,12-14H2,1H3/t16?,18-,20?,22+/m0/s1. The molecule has 33 heavy (non-hydrogen) atoms. The Morgan fingerprint density at radius 3 is 2.67 bits per heavy atom. The molecule has 0 amide bonds. The van der Waals surface area contributed by atoms with E-state index in [0.717, 1.165) is 37.8 Å². The van der Waals surface area contributed by atoms with E-state index in [-0.39, 0.29) is 47.5 Å². The molecule has 10 heteroatoms. The molecule has 6 nitrogen and oxygen atoms in total. The van der Waals surface area contributed by atoms with Crippen LogP contribution in [0.15, 0.2) is 24.3 Å². The van der Waals surface area contributed by atoms with Gasteiger partial charge < -0.3 is 19.7 Å². The predicted octanol–water partition coefficient (Wildman–Crippen LogP) is 4.01. The zero-order valence-corrected chi connectivity index (χ0v) is 19.4. The topological polar surface area (TPSA) is 93.1 Å². The molecule has 2 N–H and O–H groups in total. The van der Waals surface area contributed by atoms with Crippen LogP contribution in [-0.2, 0) is 20.5 Å². The molecular formula is C23H31F3O6S. The average molecular weight is 493 g/mol. The molecule has 0 saturated heterocycles. The molecule has 0 heterocycles. The van der Waals surface area contributed by atoms with Crippen LogP contribution in [0.25, 0.3) is 0 Å². The van der Waals surface area contributed by atoms with Crippen molar-refractivity contribution < 1.29 is 42.4 Å². The van der Waals surface area contributed by atoms with Gasteiger partial charge >= 0.3 is 12.1 Å². The highest BCUT2D eigenvalue weighted by Crippen LogP contribution is 2.37. The molecule has 1 aliphatic carbocycles. The fourth-order valence-corrected chi connectivity index (χ4v) is 5.17. The maximum absolute atomic E-state index is 12.8. The Morgan fingerprint density at radius 2 is 1.97 bits per heavy atom. The van der Waals surface area contributed by atoms with E-state index in [4.69, 9.17) is 4.74 Å². The van der Waals surface area contributed by atoms with E-state index in [1.165, 1.54) is 31.0 Å². The first-order valence-corrected chi connectivity index (χ1v) is 12.0. The molecule has 186 valence electrons. The second-order valence-electron chi connectivity index (χ2n) is 8.16. The van der Waals surface area contributed by atoms with Crippen molar-refractivity contribution >= 4 is 23.5 Å². The maximum atomic E-state index is 12.8. The Morgan fingerprint density at radius 1 is 1.24 bits per heavy atom. The predicted molar refractivity (Wildman–Crippen MR) is 118 cm³/mol. The number of thioether (sulfide) groups is 1. The molecule has 2 unspecified atom stereocenters. The summed E-state index contributed by atoms with van der Waals surface area (Å²) in [5.74, 6) is -0.346. The van der Waals surface area contributed by atoms with Crippen LogP contribution < -0.4 is 4.74 Å². The minimum absolute atomic E-state index is 0.00395. The lowest BCUT2D eigenvalue weighted by atomic mass is 9.98. The summed E-state index contributed by atoms with van der Waals surface area (Å²) in [6.45, 7) is -0.198. The highest BCUT2D eigenvalue weighted by molar-refractivity contribution is 8.00. The smallest absolute Gasteiger partial charge is 0.416 e. The molecule has 0 spiro atoms. The third-order valence-electron chi connectivity index (χ3n) is 5.56. The third-order valence-corrected chi connectivity index (χ3v) is 7.16. The number of methoxy groups -OCH3 is 1. The summed E-state index contributed by atoms with van der Waals surface area (Å²) in [5, 5.41) is 20.1. The van der Waals surface area contributed by atoms with Crippen LogP contribution in [0.3, 0.4) is 0 Å². The van der Waals surface area contributed by atoms with Crippen molar-refractivity contribution in [2.24, 2.45) is 5.92 Å². The van der Waals surface area contributed by atoms with Crippen molar-refractivity contribution in [3.8, 4) is 5.75 Å². The number of aliphatic hydroxyl groups is 2. The van der Waals surface area contributed by atoms with Crippen LogP contribution in [0, 0.1) is 5.92 Å². The van der Waals surface area contributed by atoms with Gasteiger partial charge in [0.15, 0.2) is 0 Å². The lowest BCUT2D eigenvalue weighted by molar-refractivity contribution is -0.141. The number of aliphatic hydroxyl groups excluding tert-OH is 2. The molecule has 1 saturated carbocycles. The number of ketones is 1. The first-order valence-electron chi connectivity index (χ1n) is 11.0. The number of carbonyl (C=O) groups is 2. The van der Waals surface area contributed by atoms with Gasteiger partial charge in [-0.25, -0.2) is 0 Å². The SMILES string of the molecule is COC(=O)CCCCCC[C@H]1C(=O)CC(O)[C@@H]1SCC(O)COc1cccc(C(F)(F)F)c1. The third kappa shape index (κ3) is 9.17. The van der Waals surface area contributed by atoms with Crippen LogP contribution >= 0.6 is 11.8 Å². The number of rotatable bonds is 13. The number of hydrogen-bond acceptors (Lipinski definition) is 7. The molecular weight excluding hydrogens is 461 g/mol. The van der Waals surface area contributed by atoms with Crippen LogP contribution in [0.5, 0.6) is 5.75 Å². The highest BCUT2D eigenvalue weighted by Gasteiger charge is 2.41. The Labute approximate surface area is 195 Å². The van der Waals surface area contributed by atoms with Gasteiger partial charge in [-0.05, 0) is 31.0 Å².